The predicted octanol–water partition coefficient (Wildman–Crippen LogP) is 2.61. The van der Waals surface area contributed by atoms with Crippen molar-refractivity contribution < 1.29 is 9.90 Å². The van der Waals surface area contributed by atoms with Crippen molar-refractivity contribution in [2.45, 2.75) is 52.5 Å². The molecule has 0 amide bonds. The maximum Gasteiger partial charge on any atom is 0.320 e. The first kappa shape index (κ1) is 14.4. The number of unbranched alkanes of at least 4 members (excludes halogenated alkanes) is 1. The number of carboxylic acid groups (broad SMARTS) is 1. The summed E-state index contributed by atoms with van der Waals surface area (Å²) in [6.07, 6.45) is 4.01. The van der Waals surface area contributed by atoms with Gasteiger partial charge in [0.2, 0.25) is 0 Å². The van der Waals surface area contributed by atoms with Crippen molar-refractivity contribution in [1.29, 1.82) is 0 Å². The molecular weight excluding hydrogens is 190 g/mol. The van der Waals surface area contributed by atoms with Crippen LogP contribution in [-0.2, 0) is 4.79 Å². The molecule has 0 saturated heterocycles. The number of likely N-dealkylation sites (N-methyl/N-ethyl adjacent to an activating group) is 1. The third-order valence-electron chi connectivity index (χ3n) is 2.56. The van der Waals surface area contributed by atoms with Gasteiger partial charge in [-0.05, 0) is 32.4 Å². The summed E-state index contributed by atoms with van der Waals surface area (Å²) in [5.41, 5.74) is 0.358. The SMILES string of the molecule is CN(C)C(CCCCC(C)(C)C)C(=O)O. The molecule has 0 aliphatic carbocycles. The van der Waals surface area contributed by atoms with E-state index < -0.39 is 5.97 Å². The lowest BCUT2D eigenvalue weighted by Gasteiger charge is -2.21. The normalized spacial score (nSPS) is 14.3. The van der Waals surface area contributed by atoms with E-state index in [4.69, 9.17) is 5.11 Å². The van der Waals surface area contributed by atoms with Gasteiger partial charge in [0, 0.05) is 0 Å². The summed E-state index contributed by atoms with van der Waals surface area (Å²) in [5, 5.41) is 8.96. The van der Waals surface area contributed by atoms with Gasteiger partial charge in [-0.1, -0.05) is 33.6 Å². The van der Waals surface area contributed by atoms with Gasteiger partial charge in [0.25, 0.3) is 0 Å². The fraction of sp³-hybridized carbons (Fsp3) is 0.917. The van der Waals surface area contributed by atoms with Crippen LogP contribution in [0.5, 0.6) is 0 Å². The number of carbonyl (C=O) groups is 1. The Bertz CT molecular complexity index is 194. The molecule has 3 nitrogen and oxygen atoms in total. The highest BCUT2D eigenvalue weighted by atomic mass is 16.4. The molecule has 0 radical (unpaired) electrons. The molecule has 0 rings (SSSR count). The number of carboxylic acids is 1. The fourth-order valence-electron chi connectivity index (χ4n) is 1.60. The molecule has 1 N–H and O–H groups in total. The summed E-state index contributed by atoms with van der Waals surface area (Å²) in [6.45, 7) is 6.65. The third-order valence-corrected chi connectivity index (χ3v) is 2.56. The van der Waals surface area contributed by atoms with Crippen LogP contribution in [0.3, 0.4) is 0 Å². The van der Waals surface area contributed by atoms with Crippen molar-refractivity contribution in [3.63, 3.8) is 0 Å². The Hall–Kier alpha value is -0.570. The summed E-state index contributed by atoms with van der Waals surface area (Å²) in [4.78, 5) is 12.7. The van der Waals surface area contributed by atoms with Crippen LogP contribution < -0.4 is 0 Å². The van der Waals surface area contributed by atoms with Gasteiger partial charge >= 0.3 is 5.97 Å². The van der Waals surface area contributed by atoms with Gasteiger partial charge in [-0.25, -0.2) is 0 Å². The zero-order valence-electron chi connectivity index (χ0n) is 10.7. The smallest absolute Gasteiger partial charge is 0.320 e. The van der Waals surface area contributed by atoms with Crippen LogP contribution in [0.2, 0.25) is 0 Å². The summed E-state index contributed by atoms with van der Waals surface area (Å²) in [6, 6.07) is -0.329. The number of nitrogens with zero attached hydrogens (tertiary/aromatic N) is 1. The second-order valence-corrected chi connectivity index (χ2v) is 5.62. The standard InChI is InChI=1S/C12H25NO2/c1-12(2,3)9-7-6-8-10(11(14)15)13(4)5/h10H,6-9H2,1-5H3,(H,14,15). The van der Waals surface area contributed by atoms with Crippen LogP contribution in [0.4, 0.5) is 0 Å². The maximum absolute atomic E-state index is 10.9. The van der Waals surface area contributed by atoms with Crippen LogP contribution in [0.25, 0.3) is 0 Å². The quantitative estimate of drug-likeness (QED) is 0.692. The van der Waals surface area contributed by atoms with E-state index in [1.807, 2.05) is 14.1 Å². The van der Waals surface area contributed by atoms with Gasteiger partial charge in [-0.15, -0.1) is 0 Å². The second kappa shape index (κ2) is 6.11. The molecule has 15 heavy (non-hydrogen) atoms. The minimum atomic E-state index is -0.712. The molecule has 3 heteroatoms. The molecule has 1 unspecified atom stereocenters. The van der Waals surface area contributed by atoms with Crippen molar-refractivity contribution in [3.05, 3.63) is 0 Å². The number of hydrogen-bond acceptors (Lipinski definition) is 2. The van der Waals surface area contributed by atoms with Crippen molar-refractivity contribution in [3.8, 4) is 0 Å². The van der Waals surface area contributed by atoms with Crippen LogP contribution >= 0.6 is 0 Å². The van der Waals surface area contributed by atoms with Crippen LogP contribution in [0.1, 0.15) is 46.5 Å². The van der Waals surface area contributed by atoms with E-state index in [-0.39, 0.29) is 6.04 Å². The Kier molecular flexibility index (Phi) is 5.88. The summed E-state index contributed by atoms with van der Waals surface area (Å²) < 4.78 is 0. The molecule has 90 valence electrons. The summed E-state index contributed by atoms with van der Waals surface area (Å²) in [7, 11) is 3.64. The van der Waals surface area contributed by atoms with E-state index in [1.165, 1.54) is 0 Å². The van der Waals surface area contributed by atoms with Gasteiger partial charge in [0.05, 0.1) is 0 Å². The molecule has 0 aromatic carbocycles. The Morgan fingerprint density at radius 2 is 1.80 bits per heavy atom. The van der Waals surface area contributed by atoms with E-state index in [0.717, 1.165) is 25.7 Å². The second-order valence-electron chi connectivity index (χ2n) is 5.62. The molecular formula is C12H25NO2. The highest BCUT2D eigenvalue weighted by Gasteiger charge is 2.19. The largest absolute Gasteiger partial charge is 0.480 e. The lowest BCUT2D eigenvalue weighted by atomic mass is 9.89. The van der Waals surface area contributed by atoms with E-state index in [0.29, 0.717) is 5.41 Å². The molecule has 0 aromatic heterocycles. The molecule has 0 saturated carbocycles. The lowest BCUT2D eigenvalue weighted by molar-refractivity contribution is -0.142. The summed E-state index contributed by atoms with van der Waals surface area (Å²) >= 11 is 0. The van der Waals surface area contributed by atoms with Crippen LogP contribution in [-0.4, -0.2) is 36.1 Å². The zero-order valence-corrected chi connectivity index (χ0v) is 10.7. The monoisotopic (exact) mass is 215 g/mol. The fourth-order valence-corrected chi connectivity index (χ4v) is 1.60. The minimum Gasteiger partial charge on any atom is -0.480 e. The molecule has 0 aliphatic rings. The number of rotatable bonds is 6. The van der Waals surface area contributed by atoms with Crippen LogP contribution in [0, 0.1) is 5.41 Å². The Balaban J connectivity index is 3.78. The van der Waals surface area contributed by atoms with Gasteiger partial charge in [-0.3, -0.25) is 9.69 Å². The first-order valence-corrected chi connectivity index (χ1v) is 5.63. The molecule has 0 bridgehead atoms. The highest BCUT2D eigenvalue weighted by molar-refractivity contribution is 5.73. The molecule has 0 spiro atoms. The van der Waals surface area contributed by atoms with Gasteiger partial charge in [0.1, 0.15) is 6.04 Å². The van der Waals surface area contributed by atoms with E-state index in [1.54, 1.807) is 4.90 Å². The summed E-state index contributed by atoms with van der Waals surface area (Å²) in [5.74, 6) is -0.712. The van der Waals surface area contributed by atoms with Crippen molar-refractivity contribution >= 4 is 5.97 Å². The molecule has 0 fully saturated rings. The minimum absolute atomic E-state index is 0.329. The maximum atomic E-state index is 10.9. The average molecular weight is 215 g/mol. The first-order chi connectivity index (χ1) is 6.74. The van der Waals surface area contributed by atoms with Gasteiger partial charge in [0.15, 0.2) is 0 Å². The molecule has 0 heterocycles. The number of aliphatic carboxylic acids is 1. The molecule has 0 aliphatic heterocycles. The Morgan fingerprint density at radius 1 is 1.27 bits per heavy atom. The first-order valence-electron chi connectivity index (χ1n) is 5.63. The number of hydrogen-bond donors (Lipinski definition) is 1. The van der Waals surface area contributed by atoms with E-state index in [9.17, 15) is 4.79 Å². The predicted molar refractivity (Wildman–Crippen MR) is 63.0 cm³/mol. The van der Waals surface area contributed by atoms with Gasteiger partial charge < -0.3 is 5.11 Å². The lowest BCUT2D eigenvalue weighted by Crippen LogP contribution is -2.35. The Labute approximate surface area is 93.5 Å². The van der Waals surface area contributed by atoms with E-state index >= 15 is 0 Å². The molecule has 0 aromatic rings. The van der Waals surface area contributed by atoms with Crippen molar-refractivity contribution in [2.75, 3.05) is 14.1 Å². The zero-order chi connectivity index (χ0) is 12.1. The molecule has 1 atom stereocenters. The highest BCUT2D eigenvalue weighted by Crippen LogP contribution is 2.22. The van der Waals surface area contributed by atoms with Crippen molar-refractivity contribution in [2.24, 2.45) is 5.41 Å². The topological polar surface area (TPSA) is 40.5 Å². The Morgan fingerprint density at radius 3 is 2.13 bits per heavy atom. The van der Waals surface area contributed by atoms with Crippen molar-refractivity contribution in [1.82, 2.24) is 4.90 Å². The third kappa shape index (κ3) is 7.37. The average Bonchev–Trinajstić information content (AvgIpc) is 2.00. The van der Waals surface area contributed by atoms with Crippen LogP contribution in [0.15, 0.2) is 0 Å². The van der Waals surface area contributed by atoms with Gasteiger partial charge in [-0.2, -0.15) is 0 Å². The van der Waals surface area contributed by atoms with E-state index in [2.05, 4.69) is 20.8 Å².